The topological polar surface area (TPSA) is 41.1 Å². The highest BCUT2D eigenvalue weighted by Crippen LogP contribution is 2.23. The molecule has 2 N–H and O–H groups in total. The van der Waals surface area contributed by atoms with E-state index >= 15 is 0 Å². The average molecular weight is 266 g/mol. The molecule has 1 aliphatic heterocycles. The van der Waals surface area contributed by atoms with Crippen molar-refractivity contribution in [3.05, 3.63) is 71.8 Å². The third-order valence-electron chi connectivity index (χ3n) is 3.68. The van der Waals surface area contributed by atoms with E-state index in [1.807, 2.05) is 36.4 Å². The molecule has 20 heavy (non-hydrogen) atoms. The largest absolute Gasteiger partial charge is 0.355 e. The van der Waals surface area contributed by atoms with E-state index in [1.165, 1.54) is 11.1 Å². The summed E-state index contributed by atoms with van der Waals surface area (Å²) in [6.45, 7) is 0.757. The van der Waals surface area contributed by atoms with Crippen LogP contribution in [0.5, 0.6) is 0 Å². The van der Waals surface area contributed by atoms with Crippen molar-refractivity contribution >= 4 is 5.91 Å². The van der Waals surface area contributed by atoms with Gasteiger partial charge in [-0.3, -0.25) is 10.1 Å². The molecule has 1 aliphatic rings. The van der Waals surface area contributed by atoms with Crippen LogP contribution in [0.15, 0.2) is 60.7 Å². The number of rotatable bonds is 4. The van der Waals surface area contributed by atoms with E-state index in [0.717, 1.165) is 13.0 Å². The molecule has 1 fully saturated rings. The van der Waals surface area contributed by atoms with E-state index in [1.54, 1.807) is 0 Å². The van der Waals surface area contributed by atoms with Gasteiger partial charge in [0.25, 0.3) is 0 Å². The Bertz CT molecular complexity index is 529. The van der Waals surface area contributed by atoms with Crippen LogP contribution < -0.4 is 10.6 Å². The fourth-order valence-corrected chi connectivity index (χ4v) is 2.63. The van der Waals surface area contributed by atoms with Crippen molar-refractivity contribution in [2.75, 3.05) is 6.54 Å². The van der Waals surface area contributed by atoms with Crippen molar-refractivity contribution in [1.29, 1.82) is 0 Å². The Labute approximate surface area is 119 Å². The number of benzene rings is 2. The molecular weight excluding hydrogens is 248 g/mol. The lowest BCUT2D eigenvalue weighted by atomic mass is 9.97. The molecule has 0 aliphatic carbocycles. The van der Waals surface area contributed by atoms with Gasteiger partial charge in [-0.2, -0.15) is 0 Å². The van der Waals surface area contributed by atoms with Gasteiger partial charge in [-0.05, 0) is 17.5 Å². The van der Waals surface area contributed by atoms with Crippen LogP contribution in [0, 0.1) is 0 Å². The summed E-state index contributed by atoms with van der Waals surface area (Å²) in [5.74, 6) is 0.0989. The first kappa shape index (κ1) is 12.9. The van der Waals surface area contributed by atoms with Crippen molar-refractivity contribution in [2.45, 2.75) is 18.5 Å². The Hall–Kier alpha value is -2.13. The van der Waals surface area contributed by atoms with Gasteiger partial charge in [0.2, 0.25) is 5.91 Å². The van der Waals surface area contributed by atoms with Gasteiger partial charge in [0.1, 0.15) is 0 Å². The Kier molecular flexibility index (Phi) is 3.79. The normalized spacial score (nSPS) is 18.2. The lowest BCUT2D eigenvalue weighted by Gasteiger charge is -2.22. The SMILES string of the molecule is O=C1NCCC1NC(c1ccccc1)c1ccccc1. The molecule has 1 heterocycles. The molecule has 2 aromatic rings. The van der Waals surface area contributed by atoms with Crippen molar-refractivity contribution in [3.63, 3.8) is 0 Å². The van der Waals surface area contributed by atoms with Crippen molar-refractivity contribution in [2.24, 2.45) is 0 Å². The van der Waals surface area contributed by atoms with Gasteiger partial charge < -0.3 is 5.32 Å². The standard InChI is InChI=1S/C17H18N2O/c20-17-15(11-12-18-17)19-16(13-7-3-1-4-8-13)14-9-5-2-6-10-14/h1-10,15-16,19H,11-12H2,(H,18,20). The molecule has 1 amide bonds. The maximum Gasteiger partial charge on any atom is 0.237 e. The highest BCUT2D eigenvalue weighted by atomic mass is 16.2. The molecule has 0 spiro atoms. The van der Waals surface area contributed by atoms with Crippen molar-refractivity contribution < 1.29 is 4.79 Å². The summed E-state index contributed by atoms with van der Waals surface area (Å²) in [4.78, 5) is 11.8. The minimum atomic E-state index is -0.111. The summed E-state index contributed by atoms with van der Waals surface area (Å²) in [6.07, 6.45) is 0.842. The Morgan fingerprint density at radius 2 is 1.50 bits per heavy atom. The van der Waals surface area contributed by atoms with Gasteiger partial charge in [0, 0.05) is 6.54 Å². The molecular formula is C17H18N2O. The van der Waals surface area contributed by atoms with Crippen LogP contribution in [-0.2, 0) is 4.79 Å². The summed E-state index contributed by atoms with van der Waals surface area (Å²) < 4.78 is 0. The first-order valence-electron chi connectivity index (χ1n) is 6.98. The Morgan fingerprint density at radius 1 is 0.950 bits per heavy atom. The van der Waals surface area contributed by atoms with Crippen LogP contribution in [0.3, 0.4) is 0 Å². The molecule has 1 atom stereocenters. The number of amides is 1. The number of hydrogen-bond acceptors (Lipinski definition) is 2. The molecule has 102 valence electrons. The van der Waals surface area contributed by atoms with E-state index in [-0.39, 0.29) is 18.0 Å². The zero-order valence-electron chi connectivity index (χ0n) is 11.3. The van der Waals surface area contributed by atoms with Crippen LogP contribution in [0.2, 0.25) is 0 Å². The van der Waals surface area contributed by atoms with Crippen LogP contribution in [-0.4, -0.2) is 18.5 Å². The van der Waals surface area contributed by atoms with Crippen LogP contribution in [0.25, 0.3) is 0 Å². The molecule has 3 rings (SSSR count). The van der Waals surface area contributed by atoms with E-state index in [0.29, 0.717) is 0 Å². The summed E-state index contributed by atoms with van der Waals surface area (Å²) >= 11 is 0. The smallest absolute Gasteiger partial charge is 0.237 e. The quantitative estimate of drug-likeness (QED) is 0.891. The van der Waals surface area contributed by atoms with Crippen LogP contribution in [0.4, 0.5) is 0 Å². The fourth-order valence-electron chi connectivity index (χ4n) is 2.63. The summed E-state index contributed by atoms with van der Waals surface area (Å²) in [5.41, 5.74) is 2.36. The average Bonchev–Trinajstić information content (AvgIpc) is 2.92. The van der Waals surface area contributed by atoms with Gasteiger partial charge >= 0.3 is 0 Å². The van der Waals surface area contributed by atoms with E-state index in [2.05, 4.69) is 34.9 Å². The minimum absolute atomic E-state index is 0.0475. The minimum Gasteiger partial charge on any atom is -0.355 e. The van der Waals surface area contributed by atoms with Crippen molar-refractivity contribution in [3.8, 4) is 0 Å². The Balaban J connectivity index is 1.90. The monoisotopic (exact) mass is 266 g/mol. The third-order valence-corrected chi connectivity index (χ3v) is 3.68. The number of hydrogen-bond donors (Lipinski definition) is 2. The van der Waals surface area contributed by atoms with Crippen LogP contribution in [0.1, 0.15) is 23.6 Å². The number of nitrogens with one attached hydrogen (secondary N) is 2. The maximum absolute atomic E-state index is 11.8. The van der Waals surface area contributed by atoms with E-state index in [4.69, 9.17) is 0 Å². The first-order chi connectivity index (χ1) is 9.84. The molecule has 0 saturated carbocycles. The van der Waals surface area contributed by atoms with E-state index < -0.39 is 0 Å². The zero-order chi connectivity index (χ0) is 13.8. The Morgan fingerprint density at radius 3 is 1.95 bits per heavy atom. The predicted octanol–water partition coefficient (Wildman–Crippen LogP) is 2.25. The summed E-state index contributed by atoms with van der Waals surface area (Å²) in [5, 5.41) is 6.36. The van der Waals surface area contributed by atoms with E-state index in [9.17, 15) is 4.79 Å². The first-order valence-corrected chi connectivity index (χ1v) is 6.98. The second-order valence-corrected chi connectivity index (χ2v) is 5.05. The second-order valence-electron chi connectivity index (χ2n) is 5.05. The summed E-state index contributed by atoms with van der Waals surface area (Å²) in [6, 6.07) is 20.4. The zero-order valence-corrected chi connectivity index (χ0v) is 11.3. The lowest BCUT2D eigenvalue weighted by molar-refractivity contribution is -0.121. The predicted molar refractivity (Wildman–Crippen MR) is 79.3 cm³/mol. The molecule has 0 aromatic heterocycles. The van der Waals surface area contributed by atoms with Gasteiger partial charge in [-0.1, -0.05) is 60.7 Å². The lowest BCUT2D eigenvalue weighted by Crippen LogP contribution is -2.39. The molecule has 3 nitrogen and oxygen atoms in total. The van der Waals surface area contributed by atoms with Gasteiger partial charge in [0.05, 0.1) is 12.1 Å². The molecule has 0 bridgehead atoms. The number of carbonyl (C=O) groups is 1. The van der Waals surface area contributed by atoms with Gasteiger partial charge in [-0.25, -0.2) is 0 Å². The summed E-state index contributed by atoms with van der Waals surface area (Å²) in [7, 11) is 0. The highest BCUT2D eigenvalue weighted by molar-refractivity contribution is 5.83. The molecule has 1 unspecified atom stereocenters. The van der Waals surface area contributed by atoms with Gasteiger partial charge in [-0.15, -0.1) is 0 Å². The maximum atomic E-state index is 11.8. The highest BCUT2D eigenvalue weighted by Gasteiger charge is 2.27. The number of carbonyl (C=O) groups excluding carboxylic acids is 1. The molecule has 3 heteroatoms. The van der Waals surface area contributed by atoms with Crippen molar-refractivity contribution in [1.82, 2.24) is 10.6 Å². The second kappa shape index (κ2) is 5.88. The van der Waals surface area contributed by atoms with Crippen LogP contribution >= 0.6 is 0 Å². The molecule has 2 aromatic carbocycles. The molecule has 0 radical (unpaired) electrons. The molecule has 1 saturated heterocycles. The fraction of sp³-hybridized carbons (Fsp3) is 0.235. The van der Waals surface area contributed by atoms with Gasteiger partial charge in [0.15, 0.2) is 0 Å². The third kappa shape index (κ3) is 2.73.